The predicted molar refractivity (Wildman–Crippen MR) is 99.2 cm³/mol. The van der Waals surface area contributed by atoms with Gasteiger partial charge < -0.3 is 4.90 Å². The molecule has 8 heteroatoms. The summed E-state index contributed by atoms with van der Waals surface area (Å²) >= 11 is 1.00. The number of sulfone groups is 1. The Hall–Kier alpha value is -1.93. The normalized spacial score (nSPS) is 16.1. The van der Waals surface area contributed by atoms with Crippen LogP contribution in [0.2, 0.25) is 0 Å². The molecule has 0 aliphatic carbocycles. The molecular formula is C17H20N2O4S2. The van der Waals surface area contributed by atoms with Gasteiger partial charge in [-0.1, -0.05) is 41.7 Å². The van der Waals surface area contributed by atoms with Crippen LogP contribution in [0.4, 0.5) is 10.7 Å². The second kappa shape index (κ2) is 7.13. The van der Waals surface area contributed by atoms with E-state index in [2.05, 4.69) is 12.1 Å². The van der Waals surface area contributed by atoms with Gasteiger partial charge in [0.25, 0.3) is 0 Å². The molecule has 134 valence electrons. The van der Waals surface area contributed by atoms with Crippen molar-refractivity contribution in [2.75, 3.05) is 24.2 Å². The summed E-state index contributed by atoms with van der Waals surface area (Å²) in [7, 11) is -3.44. The van der Waals surface area contributed by atoms with Crippen LogP contribution in [0.3, 0.4) is 0 Å². The number of hydrogen-bond donors (Lipinski definition) is 0. The van der Waals surface area contributed by atoms with Crippen molar-refractivity contribution in [1.82, 2.24) is 0 Å². The number of nitro groups is 1. The van der Waals surface area contributed by atoms with Crippen molar-refractivity contribution in [2.24, 2.45) is 5.92 Å². The zero-order chi connectivity index (χ0) is 18.0. The van der Waals surface area contributed by atoms with Crippen LogP contribution in [0, 0.1) is 16.0 Å². The maximum atomic E-state index is 11.7. The van der Waals surface area contributed by atoms with Gasteiger partial charge in [-0.25, -0.2) is 8.42 Å². The Labute approximate surface area is 151 Å². The fraction of sp³-hybridized carbons (Fsp3) is 0.412. The van der Waals surface area contributed by atoms with E-state index in [0.717, 1.165) is 36.9 Å². The fourth-order valence-electron chi connectivity index (χ4n) is 3.18. The van der Waals surface area contributed by atoms with Crippen molar-refractivity contribution >= 4 is 31.9 Å². The molecule has 0 atom stereocenters. The Kier molecular flexibility index (Phi) is 5.10. The van der Waals surface area contributed by atoms with Gasteiger partial charge in [0.05, 0.1) is 4.92 Å². The molecule has 1 fully saturated rings. The van der Waals surface area contributed by atoms with Crippen LogP contribution < -0.4 is 4.90 Å². The third-order valence-corrected chi connectivity index (χ3v) is 7.49. The van der Waals surface area contributed by atoms with E-state index in [1.165, 1.54) is 11.6 Å². The summed E-state index contributed by atoms with van der Waals surface area (Å²) in [5.41, 5.74) is 1.20. The van der Waals surface area contributed by atoms with E-state index in [1.54, 1.807) is 0 Å². The average Bonchev–Trinajstić information content (AvgIpc) is 3.02. The van der Waals surface area contributed by atoms with Crippen molar-refractivity contribution in [3.8, 4) is 0 Å². The van der Waals surface area contributed by atoms with E-state index < -0.39 is 14.8 Å². The lowest BCUT2D eigenvalue weighted by Crippen LogP contribution is -2.34. The number of benzene rings is 1. The van der Waals surface area contributed by atoms with Crippen molar-refractivity contribution in [2.45, 2.75) is 23.5 Å². The summed E-state index contributed by atoms with van der Waals surface area (Å²) < 4.78 is 23.5. The molecule has 25 heavy (non-hydrogen) atoms. The van der Waals surface area contributed by atoms with Gasteiger partial charge in [0.1, 0.15) is 4.21 Å². The zero-order valence-corrected chi connectivity index (χ0v) is 15.6. The van der Waals surface area contributed by atoms with Crippen LogP contribution in [0.25, 0.3) is 0 Å². The Morgan fingerprint density at radius 2 is 1.88 bits per heavy atom. The van der Waals surface area contributed by atoms with Gasteiger partial charge >= 0.3 is 5.69 Å². The summed E-state index contributed by atoms with van der Waals surface area (Å²) in [6.07, 6.45) is 3.98. The van der Waals surface area contributed by atoms with E-state index in [0.29, 0.717) is 24.0 Å². The molecule has 0 N–H and O–H groups in total. The summed E-state index contributed by atoms with van der Waals surface area (Å²) in [4.78, 5) is 12.8. The van der Waals surface area contributed by atoms with E-state index in [4.69, 9.17) is 0 Å². The first-order chi connectivity index (χ1) is 11.8. The van der Waals surface area contributed by atoms with E-state index >= 15 is 0 Å². The van der Waals surface area contributed by atoms with Crippen molar-refractivity contribution < 1.29 is 13.3 Å². The SMILES string of the molecule is CS(=O)(=O)c1cc([N+](=O)[O-])c(N2CCC(Cc3ccccc3)CC2)s1. The molecule has 1 aromatic heterocycles. The second-order valence-corrected chi connectivity index (χ2v) is 9.68. The Balaban J connectivity index is 1.72. The van der Waals surface area contributed by atoms with Gasteiger partial charge in [0.15, 0.2) is 14.8 Å². The quantitative estimate of drug-likeness (QED) is 0.586. The monoisotopic (exact) mass is 380 g/mol. The fourth-order valence-corrected chi connectivity index (χ4v) is 5.26. The van der Waals surface area contributed by atoms with Crippen LogP contribution in [-0.2, 0) is 16.3 Å². The lowest BCUT2D eigenvalue weighted by molar-refractivity contribution is -0.383. The minimum absolute atomic E-state index is 0.0561. The van der Waals surface area contributed by atoms with Gasteiger partial charge in [-0.2, -0.15) is 0 Å². The third-order valence-electron chi connectivity index (χ3n) is 4.50. The molecule has 0 spiro atoms. The molecule has 3 rings (SSSR count). The summed E-state index contributed by atoms with van der Waals surface area (Å²) in [6.45, 7) is 1.42. The minimum Gasteiger partial charge on any atom is -0.358 e. The highest BCUT2D eigenvalue weighted by Crippen LogP contribution is 2.41. The van der Waals surface area contributed by atoms with E-state index in [9.17, 15) is 18.5 Å². The summed E-state index contributed by atoms with van der Waals surface area (Å²) in [6, 6.07) is 11.5. The Morgan fingerprint density at radius 1 is 1.24 bits per heavy atom. The molecule has 6 nitrogen and oxygen atoms in total. The number of piperidine rings is 1. The van der Waals surface area contributed by atoms with Gasteiger partial charge in [-0.15, -0.1) is 0 Å². The second-order valence-electron chi connectivity index (χ2n) is 6.41. The van der Waals surface area contributed by atoms with Gasteiger partial charge in [0, 0.05) is 25.4 Å². The summed E-state index contributed by atoms with van der Waals surface area (Å²) in [5.74, 6) is 0.548. The first-order valence-corrected chi connectivity index (χ1v) is 10.8. The van der Waals surface area contributed by atoms with Crippen LogP contribution >= 0.6 is 11.3 Å². The first-order valence-electron chi connectivity index (χ1n) is 8.12. The van der Waals surface area contributed by atoms with Crippen molar-refractivity contribution in [3.05, 3.63) is 52.1 Å². The zero-order valence-electron chi connectivity index (χ0n) is 13.9. The lowest BCUT2D eigenvalue weighted by atomic mass is 9.90. The maximum Gasteiger partial charge on any atom is 0.305 e. The molecule has 1 aliphatic rings. The molecule has 1 aliphatic heterocycles. The van der Waals surface area contributed by atoms with Crippen molar-refractivity contribution in [3.63, 3.8) is 0 Å². The van der Waals surface area contributed by atoms with Crippen molar-refractivity contribution in [1.29, 1.82) is 0 Å². The number of anilines is 1. The molecule has 1 aromatic carbocycles. The number of thiophene rings is 1. The Bertz CT molecular complexity index is 854. The highest BCUT2D eigenvalue weighted by Gasteiger charge is 2.30. The summed E-state index contributed by atoms with van der Waals surface area (Å²) in [5, 5.41) is 11.8. The first kappa shape index (κ1) is 17.9. The molecule has 2 heterocycles. The molecule has 0 amide bonds. The van der Waals surface area contributed by atoms with Crippen LogP contribution in [0.5, 0.6) is 0 Å². The molecule has 0 unspecified atom stereocenters. The predicted octanol–water partition coefficient (Wildman–Crippen LogP) is 3.52. The van der Waals surface area contributed by atoms with Crippen LogP contribution in [0.1, 0.15) is 18.4 Å². The van der Waals surface area contributed by atoms with E-state index in [-0.39, 0.29) is 9.90 Å². The average molecular weight is 380 g/mol. The highest BCUT2D eigenvalue weighted by atomic mass is 32.2. The van der Waals surface area contributed by atoms with Gasteiger partial charge in [0.2, 0.25) is 0 Å². The number of rotatable bonds is 5. The smallest absolute Gasteiger partial charge is 0.305 e. The molecule has 0 saturated carbocycles. The molecule has 0 bridgehead atoms. The maximum absolute atomic E-state index is 11.7. The standard InChI is InChI=1S/C17H20N2O4S2/c1-25(22,23)16-12-15(19(20)21)17(24-16)18-9-7-14(8-10-18)11-13-5-3-2-4-6-13/h2-6,12,14H,7-11H2,1H3. The number of nitrogens with zero attached hydrogens (tertiary/aromatic N) is 2. The van der Waals surface area contributed by atoms with E-state index in [1.807, 2.05) is 23.1 Å². The number of hydrogen-bond acceptors (Lipinski definition) is 6. The highest BCUT2D eigenvalue weighted by molar-refractivity contribution is 7.92. The van der Waals surface area contributed by atoms with Gasteiger partial charge in [-0.05, 0) is 30.7 Å². The molecular weight excluding hydrogens is 360 g/mol. The molecule has 2 aromatic rings. The van der Waals surface area contributed by atoms with Crippen LogP contribution in [-0.4, -0.2) is 32.7 Å². The lowest BCUT2D eigenvalue weighted by Gasteiger charge is -2.32. The topological polar surface area (TPSA) is 80.5 Å². The third kappa shape index (κ3) is 4.19. The largest absolute Gasteiger partial charge is 0.358 e. The van der Waals surface area contributed by atoms with Gasteiger partial charge in [-0.3, -0.25) is 10.1 Å². The molecule has 0 radical (unpaired) electrons. The molecule has 1 saturated heterocycles. The van der Waals surface area contributed by atoms with Crippen LogP contribution in [0.15, 0.2) is 40.6 Å². The Morgan fingerprint density at radius 3 is 2.44 bits per heavy atom. The minimum atomic E-state index is -3.44.